The monoisotopic (exact) mass is 169 g/mol. The van der Waals surface area contributed by atoms with E-state index in [0.29, 0.717) is 12.2 Å². The second-order valence-corrected chi connectivity index (χ2v) is 2.26. The Bertz CT molecular complexity index is 279. The van der Waals surface area contributed by atoms with Crippen molar-refractivity contribution in [3.63, 3.8) is 0 Å². The smallest absolute Gasteiger partial charge is 0.146 e. The van der Waals surface area contributed by atoms with Gasteiger partial charge in [-0.1, -0.05) is 5.16 Å². The predicted molar refractivity (Wildman–Crippen MR) is 42.8 cm³/mol. The second-order valence-electron chi connectivity index (χ2n) is 2.26. The van der Waals surface area contributed by atoms with Gasteiger partial charge in [-0.25, -0.2) is 9.67 Å². The summed E-state index contributed by atoms with van der Waals surface area (Å²) in [4.78, 5) is 3.95. The highest BCUT2D eigenvalue weighted by Gasteiger charge is 2.04. The van der Waals surface area contributed by atoms with Crippen LogP contribution in [-0.2, 0) is 13.0 Å². The van der Waals surface area contributed by atoms with E-state index in [1.54, 1.807) is 4.68 Å². The van der Waals surface area contributed by atoms with Crippen molar-refractivity contribution in [3.05, 3.63) is 12.2 Å². The normalized spacial score (nSPS) is 11.9. The first-order chi connectivity index (χ1) is 5.77. The summed E-state index contributed by atoms with van der Waals surface area (Å²) in [6.07, 6.45) is 1.77. The van der Waals surface area contributed by atoms with E-state index in [0.717, 1.165) is 6.54 Å². The molecule has 12 heavy (non-hydrogen) atoms. The molecule has 6 nitrogen and oxygen atoms in total. The molecule has 0 saturated carbocycles. The zero-order valence-electron chi connectivity index (χ0n) is 6.80. The summed E-state index contributed by atoms with van der Waals surface area (Å²) in [5, 5.41) is 15.1. The minimum Gasteiger partial charge on any atom is -0.409 e. The Kier molecular flexibility index (Phi) is 2.62. The van der Waals surface area contributed by atoms with Crippen molar-refractivity contribution < 1.29 is 5.21 Å². The number of aromatic nitrogens is 3. The molecular formula is C6H11N5O. The number of rotatable bonds is 3. The van der Waals surface area contributed by atoms with Gasteiger partial charge in [0.1, 0.15) is 18.0 Å². The quantitative estimate of drug-likeness (QED) is 0.278. The van der Waals surface area contributed by atoms with Gasteiger partial charge < -0.3 is 10.9 Å². The van der Waals surface area contributed by atoms with Crippen LogP contribution in [0.25, 0.3) is 0 Å². The molecule has 0 aliphatic heterocycles. The highest BCUT2D eigenvalue weighted by Crippen LogP contribution is 1.94. The number of nitrogens with zero attached hydrogens (tertiary/aromatic N) is 4. The third-order valence-electron chi connectivity index (χ3n) is 1.46. The Morgan fingerprint density at radius 3 is 3.17 bits per heavy atom. The molecule has 0 saturated heterocycles. The fourth-order valence-corrected chi connectivity index (χ4v) is 0.887. The van der Waals surface area contributed by atoms with Crippen LogP contribution in [0.4, 0.5) is 0 Å². The SMILES string of the molecule is CCn1ncnc1CC(N)=NO. The van der Waals surface area contributed by atoms with Crippen LogP contribution in [0.5, 0.6) is 0 Å². The first-order valence-corrected chi connectivity index (χ1v) is 3.61. The van der Waals surface area contributed by atoms with Gasteiger partial charge >= 0.3 is 0 Å². The zero-order valence-corrected chi connectivity index (χ0v) is 6.80. The Labute approximate surface area is 69.7 Å². The van der Waals surface area contributed by atoms with E-state index in [2.05, 4.69) is 15.2 Å². The maximum Gasteiger partial charge on any atom is 0.146 e. The van der Waals surface area contributed by atoms with Gasteiger partial charge in [-0.3, -0.25) is 0 Å². The lowest BCUT2D eigenvalue weighted by atomic mass is 10.4. The maximum absolute atomic E-state index is 8.30. The summed E-state index contributed by atoms with van der Waals surface area (Å²) in [7, 11) is 0. The Balaban J connectivity index is 2.74. The van der Waals surface area contributed by atoms with Gasteiger partial charge in [0.2, 0.25) is 0 Å². The van der Waals surface area contributed by atoms with Crippen LogP contribution in [0.2, 0.25) is 0 Å². The van der Waals surface area contributed by atoms with Crippen LogP contribution in [0.15, 0.2) is 11.5 Å². The fourth-order valence-electron chi connectivity index (χ4n) is 0.887. The second kappa shape index (κ2) is 3.70. The van der Waals surface area contributed by atoms with Crippen molar-refractivity contribution in [1.82, 2.24) is 14.8 Å². The molecule has 1 aromatic rings. The van der Waals surface area contributed by atoms with Gasteiger partial charge in [-0.15, -0.1) is 0 Å². The van der Waals surface area contributed by atoms with Gasteiger partial charge in [0.15, 0.2) is 0 Å². The van der Waals surface area contributed by atoms with E-state index in [1.165, 1.54) is 6.33 Å². The van der Waals surface area contributed by atoms with E-state index in [-0.39, 0.29) is 5.84 Å². The summed E-state index contributed by atoms with van der Waals surface area (Å²) < 4.78 is 1.69. The molecule has 0 fully saturated rings. The van der Waals surface area contributed by atoms with Crippen LogP contribution >= 0.6 is 0 Å². The fraction of sp³-hybridized carbons (Fsp3) is 0.500. The number of amidine groups is 1. The number of hydrogen-bond acceptors (Lipinski definition) is 4. The molecule has 0 radical (unpaired) electrons. The third-order valence-corrected chi connectivity index (χ3v) is 1.46. The highest BCUT2D eigenvalue weighted by atomic mass is 16.4. The molecule has 0 spiro atoms. The average molecular weight is 169 g/mol. The minimum absolute atomic E-state index is 0.137. The summed E-state index contributed by atoms with van der Waals surface area (Å²) in [5.41, 5.74) is 5.31. The van der Waals surface area contributed by atoms with Crippen molar-refractivity contribution in [2.75, 3.05) is 0 Å². The molecule has 0 aromatic carbocycles. The van der Waals surface area contributed by atoms with Crippen LogP contribution in [0.3, 0.4) is 0 Å². The summed E-state index contributed by atoms with van der Waals surface area (Å²) in [6.45, 7) is 2.68. The molecule has 0 atom stereocenters. The first-order valence-electron chi connectivity index (χ1n) is 3.61. The van der Waals surface area contributed by atoms with Crippen molar-refractivity contribution in [1.29, 1.82) is 0 Å². The van der Waals surface area contributed by atoms with Gasteiger partial charge in [-0.2, -0.15) is 5.10 Å². The molecule has 1 heterocycles. The first kappa shape index (κ1) is 8.51. The maximum atomic E-state index is 8.30. The molecule has 6 heteroatoms. The van der Waals surface area contributed by atoms with Crippen LogP contribution < -0.4 is 5.73 Å². The molecular weight excluding hydrogens is 158 g/mol. The largest absolute Gasteiger partial charge is 0.409 e. The number of aryl methyl sites for hydroxylation is 1. The molecule has 3 N–H and O–H groups in total. The van der Waals surface area contributed by atoms with E-state index in [4.69, 9.17) is 10.9 Å². The molecule has 0 aliphatic carbocycles. The van der Waals surface area contributed by atoms with Gasteiger partial charge in [-0.05, 0) is 6.92 Å². The van der Waals surface area contributed by atoms with Crippen molar-refractivity contribution in [2.24, 2.45) is 10.9 Å². The van der Waals surface area contributed by atoms with Gasteiger partial charge in [0.25, 0.3) is 0 Å². The molecule has 1 aromatic heterocycles. The van der Waals surface area contributed by atoms with Crippen molar-refractivity contribution in [2.45, 2.75) is 19.9 Å². The van der Waals surface area contributed by atoms with E-state index >= 15 is 0 Å². The predicted octanol–water partition coefficient (Wildman–Crippen LogP) is -0.413. The lowest BCUT2D eigenvalue weighted by Gasteiger charge is -2.00. The number of nitrogens with two attached hydrogens (primary N) is 1. The molecule has 0 bridgehead atoms. The zero-order chi connectivity index (χ0) is 8.97. The van der Waals surface area contributed by atoms with Crippen LogP contribution in [-0.4, -0.2) is 25.8 Å². The minimum atomic E-state index is 0.137. The lowest BCUT2D eigenvalue weighted by molar-refractivity contribution is 0.317. The molecule has 0 aliphatic rings. The van der Waals surface area contributed by atoms with E-state index in [9.17, 15) is 0 Å². The highest BCUT2D eigenvalue weighted by molar-refractivity contribution is 5.81. The third kappa shape index (κ3) is 1.71. The van der Waals surface area contributed by atoms with E-state index < -0.39 is 0 Å². The topological polar surface area (TPSA) is 89.3 Å². The Hall–Kier alpha value is -1.59. The average Bonchev–Trinajstić information content (AvgIpc) is 2.51. The molecule has 0 amide bonds. The molecule has 0 unspecified atom stereocenters. The van der Waals surface area contributed by atoms with Gasteiger partial charge in [0.05, 0.1) is 6.42 Å². The molecule has 66 valence electrons. The van der Waals surface area contributed by atoms with Crippen molar-refractivity contribution in [3.8, 4) is 0 Å². The van der Waals surface area contributed by atoms with Crippen LogP contribution in [0, 0.1) is 0 Å². The lowest BCUT2D eigenvalue weighted by Crippen LogP contribution is -2.18. The van der Waals surface area contributed by atoms with Crippen molar-refractivity contribution >= 4 is 5.84 Å². The summed E-state index contributed by atoms with van der Waals surface area (Å²) >= 11 is 0. The Morgan fingerprint density at radius 2 is 2.58 bits per heavy atom. The van der Waals surface area contributed by atoms with Gasteiger partial charge in [0, 0.05) is 6.54 Å². The molecule has 1 rings (SSSR count). The number of hydrogen-bond donors (Lipinski definition) is 2. The standard InChI is InChI=1S/C6H11N5O/c1-2-11-6(8-4-9-11)3-5(7)10-12/h4,12H,2-3H2,1H3,(H2,7,10). The summed E-state index contributed by atoms with van der Waals surface area (Å²) in [6, 6.07) is 0. The van der Waals surface area contributed by atoms with Crippen LogP contribution in [0.1, 0.15) is 12.7 Å². The van der Waals surface area contributed by atoms with E-state index in [1.807, 2.05) is 6.92 Å². The number of oxime groups is 1. The Morgan fingerprint density at radius 1 is 1.83 bits per heavy atom. The summed E-state index contributed by atoms with van der Waals surface area (Å²) in [5.74, 6) is 0.838.